The molecule has 0 radical (unpaired) electrons. The van der Waals surface area contributed by atoms with Gasteiger partial charge in [0.25, 0.3) is 5.91 Å². The van der Waals surface area contributed by atoms with Crippen LogP contribution in [0.15, 0.2) is 61.1 Å². The van der Waals surface area contributed by atoms with E-state index in [4.69, 9.17) is 4.74 Å². The molecular weight excluding hydrogens is 342 g/mol. The number of piperidine rings is 1. The Hall–Kier alpha value is -3.19. The molecule has 1 aliphatic rings. The van der Waals surface area contributed by atoms with E-state index in [-0.39, 0.29) is 5.91 Å². The summed E-state index contributed by atoms with van der Waals surface area (Å²) in [7, 11) is 0. The minimum atomic E-state index is -0.237. The van der Waals surface area contributed by atoms with Crippen molar-refractivity contribution in [2.24, 2.45) is 0 Å². The van der Waals surface area contributed by atoms with E-state index in [0.29, 0.717) is 28.9 Å². The van der Waals surface area contributed by atoms with Crippen molar-refractivity contribution in [3.63, 3.8) is 0 Å². The average molecular weight is 363 g/mol. The summed E-state index contributed by atoms with van der Waals surface area (Å²) in [6.45, 7) is 1.93. The van der Waals surface area contributed by atoms with Gasteiger partial charge < -0.3 is 15.4 Å². The van der Waals surface area contributed by atoms with E-state index in [0.717, 1.165) is 25.9 Å². The molecule has 4 rings (SSSR count). The Morgan fingerprint density at radius 3 is 2.89 bits per heavy atom. The molecule has 0 bridgehead atoms. The van der Waals surface area contributed by atoms with Crippen LogP contribution in [-0.2, 0) is 0 Å². The fourth-order valence-electron chi connectivity index (χ4n) is 3.10. The lowest BCUT2D eigenvalue weighted by atomic mass is 10.1. The molecule has 1 aliphatic heterocycles. The SMILES string of the molecule is O=C(Nc1cccc(Oc2ccncc2)c1)c1ccn(C2CCCNC2)n1. The molecule has 0 saturated carbocycles. The molecule has 0 aliphatic carbocycles. The van der Waals surface area contributed by atoms with Crippen molar-refractivity contribution in [2.45, 2.75) is 18.9 Å². The molecule has 1 saturated heterocycles. The Bertz CT molecular complexity index is 904. The minimum absolute atomic E-state index is 0.237. The second kappa shape index (κ2) is 8.01. The predicted octanol–water partition coefficient (Wildman–Crippen LogP) is 3.25. The van der Waals surface area contributed by atoms with Gasteiger partial charge in [0.05, 0.1) is 6.04 Å². The van der Waals surface area contributed by atoms with Crippen molar-refractivity contribution >= 4 is 11.6 Å². The van der Waals surface area contributed by atoms with Crippen LogP contribution in [-0.4, -0.2) is 33.8 Å². The number of aromatic nitrogens is 3. The molecule has 138 valence electrons. The number of hydrogen-bond donors (Lipinski definition) is 2. The molecule has 1 aromatic carbocycles. The summed E-state index contributed by atoms with van der Waals surface area (Å²) in [5.74, 6) is 1.09. The van der Waals surface area contributed by atoms with Gasteiger partial charge >= 0.3 is 0 Å². The van der Waals surface area contributed by atoms with Gasteiger partial charge in [0.2, 0.25) is 0 Å². The molecule has 1 atom stereocenters. The molecule has 3 aromatic rings. The van der Waals surface area contributed by atoms with Gasteiger partial charge in [0.1, 0.15) is 11.5 Å². The third-order valence-corrected chi connectivity index (χ3v) is 4.46. The molecule has 0 spiro atoms. The van der Waals surface area contributed by atoms with Crippen LogP contribution in [0.2, 0.25) is 0 Å². The number of hydrogen-bond acceptors (Lipinski definition) is 5. The summed E-state index contributed by atoms with van der Waals surface area (Å²) in [6.07, 6.45) is 7.40. The second-order valence-corrected chi connectivity index (χ2v) is 6.45. The van der Waals surface area contributed by atoms with Gasteiger partial charge in [-0.3, -0.25) is 14.5 Å². The van der Waals surface area contributed by atoms with E-state index in [2.05, 4.69) is 20.7 Å². The van der Waals surface area contributed by atoms with Crippen LogP contribution >= 0.6 is 0 Å². The summed E-state index contributed by atoms with van der Waals surface area (Å²) in [5, 5.41) is 10.7. The van der Waals surface area contributed by atoms with Crippen LogP contribution in [0.25, 0.3) is 0 Å². The third kappa shape index (κ3) is 4.32. The molecule has 2 N–H and O–H groups in total. The van der Waals surface area contributed by atoms with Crippen molar-refractivity contribution in [3.05, 3.63) is 66.7 Å². The quantitative estimate of drug-likeness (QED) is 0.727. The maximum absolute atomic E-state index is 12.5. The summed E-state index contributed by atoms with van der Waals surface area (Å²) in [4.78, 5) is 16.5. The number of anilines is 1. The zero-order valence-corrected chi connectivity index (χ0v) is 14.8. The number of nitrogens with zero attached hydrogens (tertiary/aromatic N) is 3. The Morgan fingerprint density at radius 2 is 2.07 bits per heavy atom. The highest BCUT2D eigenvalue weighted by molar-refractivity contribution is 6.02. The zero-order valence-electron chi connectivity index (χ0n) is 14.8. The molecule has 27 heavy (non-hydrogen) atoms. The van der Waals surface area contributed by atoms with Crippen molar-refractivity contribution in [1.82, 2.24) is 20.1 Å². The van der Waals surface area contributed by atoms with Crippen molar-refractivity contribution in [3.8, 4) is 11.5 Å². The lowest BCUT2D eigenvalue weighted by Gasteiger charge is -2.22. The van der Waals surface area contributed by atoms with Gasteiger partial charge in [0, 0.05) is 36.9 Å². The Morgan fingerprint density at radius 1 is 1.19 bits per heavy atom. The smallest absolute Gasteiger partial charge is 0.276 e. The van der Waals surface area contributed by atoms with E-state index in [1.54, 1.807) is 36.7 Å². The fourth-order valence-corrected chi connectivity index (χ4v) is 3.10. The number of carbonyl (C=O) groups excluding carboxylic acids is 1. The lowest BCUT2D eigenvalue weighted by molar-refractivity contribution is 0.102. The van der Waals surface area contributed by atoms with Gasteiger partial charge in [-0.1, -0.05) is 6.07 Å². The number of amides is 1. The average Bonchev–Trinajstić information content (AvgIpc) is 3.20. The standard InChI is InChI=1S/C20H21N5O2/c26-20(19-8-12-25(24-19)16-4-2-9-22-14-16)23-15-3-1-5-18(13-15)27-17-6-10-21-11-7-17/h1,3,5-8,10-13,16,22H,2,4,9,14H2,(H,23,26). The van der Waals surface area contributed by atoms with E-state index in [1.807, 2.05) is 29.1 Å². The molecule has 1 amide bonds. The van der Waals surface area contributed by atoms with E-state index in [1.165, 1.54) is 0 Å². The first kappa shape index (κ1) is 17.2. The van der Waals surface area contributed by atoms with Gasteiger partial charge in [-0.15, -0.1) is 0 Å². The maximum atomic E-state index is 12.5. The van der Waals surface area contributed by atoms with E-state index < -0.39 is 0 Å². The number of ether oxygens (including phenoxy) is 1. The lowest BCUT2D eigenvalue weighted by Crippen LogP contribution is -2.32. The third-order valence-electron chi connectivity index (χ3n) is 4.46. The number of benzene rings is 1. The highest BCUT2D eigenvalue weighted by Gasteiger charge is 2.17. The van der Waals surface area contributed by atoms with Crippen molar-refractivity contribution in [2.75, 3.05) is 18.4 Å². The molecule has 1 fully saturated rings. The topological polar surface area (TPSA) is 81.1 Å². The summed E-state index contributed by atoms with van der Waals surface area (Å²) in [6, 6.07) is 12.9. The van der Waals surface area contributed by atoms with Crippen LogP contribution in [0.5, 0.6) is 11.5 Å². The van der Waals surface area contributed by atoms with E-state index in [9.17, 15) is 4.79 Å². The summed E-state index contributed by atoms with van der Waals surface area (Å²) >= 11 is 0. The number of rotatable bonds is 5. The van der Waals surface area contributed by atoms with Gasteiger partial charge in [0.15, 0.2) is 5.69 Å². The number of pyridine rings is 1. The van der Waals surface area contributed by atoms with Crippen molar-refractivity contribution in [1.29, 1.82) is 0 Å². The predicted molar refractivity (Wildman–Crippen MR) is 102 cm³/mol. The molecule has 2 aromatic heterocycles. The van der Waals surface area contributed by atoms with Crippen LogP contribution in [0.4, 0.5) is 5.69 Å². The molecule has 1 unspecified atom stereocenters. The molecule has 7 heteroatoms. The van der Waals surface area contributed by atoms with E-state index >= 15 is 0 Å². The Labute approximate surface area is 157 Å². The van der Waals surface area contributed by atoms with Gasteiger partial charge in [-0.2, -0.15) is 5.10 Å². The highest BCUT2D eigenvalue weighted by atomic mass is 16.5. The summed E-state index contributed by atoms with van der Waals surface area (Å²) in [5.41, 5.74) is 1.06. The maximum Gasteiger partial charge on any atom is 0.276 e. The second-order valence-electron chi connectivity index (χ2n) is 6.45. The molecule has 7 nitrogen and oxygen atoms in total. The largest absolute Gasteiger partial charge is 0.457 e. The van der Waals surface area contributed by atoms with Crippen LogP contribution in [0.1, 0.15) is 29.4 Å². The van der Waals surface area contributed by atoms with Crippen LogP contribution < -0.4 is 15.4 Å². The minimum Gasteiger partial charge on any atom is -0.457 e. The Balaban J connectivity index is 1.42. The fraction of sp³-hybridized carbons (Fsp3) is 0.250. The number of nitrogens with one attached hydrogen (secondary N) is 2. The monoisotopic (exact) mass is 363 g/mol. The Kier molecular flexibility index (Phi) is 5.11. The summed E-state index contributed by atoms with van der Waals surface area (Å²) < 4.78 is 7.65. The first-order chi connectivity index (χ1) is 13.3. The van der Waals surface area contributed by atoms with Gasteiger partial charge in [-0.25, -0.2) is 0 Å². The van der Waals surface area contributed by atoms with Gasteiger partial charge in [-0.05, 0) is 49.7 Å². The molecule has 3 heterocycles. The number of carbonyl (C=O) groups is 1. The highest BCUT2D eigenvalue weighted by Crippen LogP contribution is 2.24. The zero-order chi connectivity index (χ0) is 18.5. The first-order valence-electron chi connectivity index (χ1n) is 9.03. The first-order valence-corrected chi connectivity index (χ1v) is 9.03. The normalized spacial score (nSPS) is 16.7. The van der Waals surface area contributed by atoms with Crippen molar-refractivity contribution < 1.29 is 9.53 Å². The van der Waals surface area contributed by atoms with Crippen LogP contribution in [0, 0.1) is 0 Å². The molecular formula is C20H21N5O2. The van der Waals surface area contributed by atoms with Crippen LogP contribution in [0.3, 0.4) is 0 Å².